The highest BCUT2D eigenvalue weighted by molar-refractivity contribution is 7.46. The zero-order valence-corrected chi connectivity index (χ0v) is 58.9. The van der Waals surface area contributed by atoms with E-state index < -0.39 is 95.7 Å². The van der Waals surface area contributed by atoms with Crippen molar-refractivity contribution in [1.29, 1.82) is 0 Å². The van der Waals surface area contributed by atoms with Crippen LogP contribution in [0.5, 0.6) is 0 Å². The Bertz CT molecular complexity index is 1790. The average Bonchev–Trinajstić information content (AvgIpc) is 0.844. The SMILES string of the molecule is CCCCCC/C=C\CCCCCCCCCC(=O)O[C@H]1[C@H](OC[C@H]2OC(OP(=O)(O)O)[C@H](OCC[C@H](O)CCCCCCCCCCC)[C@@H](OCCCCCCCCCCCC)[C@@H]2O)O[C@H](COC)[C@@H](OP(=O)(O)O)[C@@H]1OCC[C@@H](CCCCCCC)OC. The maximum absolute atomic E-state index is 14.0. The second-order valence-electron chi connectivity index (χ2n) is 25.4. The molecule has 6 N–H and O–H groups in total. The van der Waals surface area contributed by atoms with Gasteiger partial charge in [-0.1, -0.05) is 239 Å². The van der Waals surface area contributed by atoms with Crippen molar-refractivity contribution in [1.82, 2.24) is 0 Å². The van der Waals surface area contributed by atoms with E-state index >= 15 is 0 Å². The maximum atomic E-state index is 14.0. The number of methoxy groups -OCH3 is 2. The van der Waals surface area contributed by atoms with Crippen LogP contribution in [0.15, 0.2) is 12.2 Å². The highest BCUT2D eigenvalue weighted by Gasteiger charge is 2.54. The Morgan fingerprint density at radius 2 is 0.889 bits per heavy atom. The number of aliphatic hydroxyl groups is 2. The van der Waals surface area contributed by atoms with Gasteiger partial charge < -0.3 is 72.4 Å². The van der Waals surface area contributed by atoms with Gasteiger partial charge in [0.05, 0.1) is 25.4 Å². The molecule has 2 aliphatic heterocycles. The Kier molecular flexibility index (Phi) is 52.1. The molecule has 0 radical (unpaired) electrons. The molecule has 0 aromatic carbocycles. The Morgan fingerprint density at radius 1 is 0.444 bits per heavy atom. The third-order valence-electron chi connectivity index (χ3n) is 17.3. The minimum atomic E-state index is -5.30. The Morgan fingerprint density at radius 3 is 1.41 bits per heavy atom. The van der Waals surface area contributed by atoms with Crippen molar-refractivity contribution in [3.05, 3.63) is 12.2 Å². The Hall–Kier alpha value is -0.970. The minimum Gasteiger partial charge on any atom is -0.454 e. The normalized spacial score (nSPS) is 23.2. The molecular weight excluding hydrogens is 1200 g/mol. The van der Waals surface area contributed by atoms with Crippen LogP contribution in [0.1, 0.15) is 297 Å². The van der Waals surface area contributed by atoms with Gasteiger partial charge in [0.2, 0.25) is 0 Å². The molecule has 0 aromatic heterocycles. The van der Waals surface area contributed by atoms with Crippen molar-refractivity contribution >= 4 is 21.6 Å². The first kappa shape index (κ1) is 85.1. The summed E-state index contributed by atoms with van der Waals surface area (Å²) in [5.41, 5.74) is 0. The summed E-state index contributed by atoms with van der Waals surface area (Å²) in [6.45, 7) is 8.04. The molecule has 22 heteroatoms. The van der Waals surface area contributed by atoms with Crippen LogP contribution in [0.25, 0.3) is 0 Å². The lowest BCUT2D eigenvalue weighted by atomic mass is 9.97. The first-order chi connectivity index (χ1) is 43.5. The predicted molar refractivity (Wildman–Crippen MR) is 353 cm³/mol. The zero-order valence-electron chi connectivity index (χ0n) is 57.1. The van der Waals surface area contributed by atoms with Crippen LogP contribution in [0.4, 0.5) is 0 Å². The first-order valence-corrected chi connectivity index (χ1v) is 39.1. The summed E-state index contributed by atoms with van der Waals surface area (Å²) in [4.78, 5) is 55.3. The number of esters is 1. The number of carbonyl (C=O) groups excluding carboxylic acids is 1. The molecule has 2 heterocycles. The number of aliphatic hydroxyl groups excluding tert-OH is 2. The lowest BCUT2D eigenvalue weighted by Crippen LogP contribution is -2.64. The van der Waals surface area contributed by atoms with Gasteiger partial charge in [0.1, 0.15) is 42.7 Å². The molecule has 0 bridgehead atoms. The van der Waals surface area contributed by atoms with Gasteiger partial charge in [0.15, 0.2) is 18.7 Å². The van der Waals surface area contributed by atoms with E-state index in [1.54, 1.807) is 7.11 Å². The molecule has 534 valence electrons. The number of carbonyl (C=O) groups is 1. The lowest BCUT2D eigenvalue weighted by Gasteiger charge is -2.46. The van der Waals surface area contributed by atoms with Crippen LogP contribution in [-0.4, -0.2) is 157 Å². The molecular formula is C68H132O20P2. The summed E-state index contributed by atoms with van der Waals surface area (Å²) in [7, 11) is -7.58. The van der Waals surface area contributed by atoms with E-state index in [0.717, 1.165) is 141 Å². The smallest absolute Gasteiger partial charge is 0.454 e. The molecule has 0 aliphatic carbocycles. The third-order valence-corrected chi connectivity index (χ3v) is 18.3. The quantitative estimate of drug-likeness (QED) is 0.0143. The summed E-state index contributed by atoms with van der Waals surface area (Å²) in [6.07, 6.45) is 31.0. The number of allylic oxidation sites excluding steroid dienone is 2. The van der Waals surface area contributed by atoms with Gasteiger partial charge in [-0.25, -0.2) is 9.13 Å². The summed E-state index contributed by atoms with van der Waals surface area (Å²) in [5, 5.41) is 23.3. The molecule has 20 nitrogen and oxygen atoms in total. The van der Waals surface area contributed by atoms with Gasteiger partial charge in [0, 0.05) is 40.5 Å². The standard InChI is InChI=1S/C68H132O20P2/c1-7-11-15-19-22-25-27-28-29-30-31-33-36-40-44-48-60(70)86-66-64(81-53-50-57(79-6)47-43-38-18-14-10-4)62(87-89(72,73)74)59(54-78-5)85-67(66)83-55-58-61(71)63(80-51-45-41-37-34-26-23-20-16-12-8-2)65(68(84-58)88-90(75,76)77)82-52-49-56(69)46-42-39-35-32-24-21-17-13-9-3/h25,27,56-59,61-69,71H,7-24,26,28-55H2,1-6H3,(H2,72,73,74)(H2,75,76,77)/b27-25-/t56-,57-,58-,59-,61-,62-,63+,64+,65-,66-,67-,68?/m1/s1. The van der Waals surface area contributed by atoms with Gasteiger partial charge in [-0.05, 0) is 64.2 Å². The molecule has 90 heavy (non-hydrogen) atoms. The number of ether oxygens (including phenoxy) is 9. The van der Waals surface area contributed by atoms with Crippen LogP contribution in [0.3, 0.4) is 0 Å². The fraction of sp³-hybridized carbons (Fsp3) is 0.956. The fourth-order valence-electron chi connectivity index (χ4n) is 11.9. The Balaban J connectivity index is 2.42. The number of hydrogen-bond acceptors (Lipinski definition) is 16. The second kappa shape index (κ2) is 55.1. The van der Waals surface area contributed by atoms with Crippen molar-refractivity contribution in [2.24, 2.45) is 0 Å². The summed E-state index contributed by atoms with van der Waals surface area (Å²) in [5.74, 6) is -0.642. The molecule has 0 saturated carbocycles. The van der Waals surface area contributed by atoms with Crippen molar-refractivity contribution in [2.75, 3.05) is 47.3 Å². The zero-order chi connectivity index (χ0) is 65.9. The van der Waals surface area contributed by atoms with Crippen LogP contribution in [0, 0.1) is 0 Å². The molecule has 2 saturated heterocycles. The van der Waals surface area contributed by atoms with Crippen molar-refractivity contribution in [2.45, 2.75) is 371 Å². The van der Waals surface area contributed by atoms with Crippen molar-refractivity contribution < 1.29 is 95.4 Å². The van der Waals surface area contributed by atoms with E-state index in [9.17, 15) is 43.7 Å². The average molecular weight is 1330 g/mol. The van der Waals surface area contributed by atoms with Gasteiger partial charge in [-0.2, -0.15) is 0 Å². The van der Waals surface area contributed by atoms with E-state index in [4.69, 9.17) is 51.7 Å². The third kappa shape index (κ3) is 42.6. The molecule has 0 spiro atoms. The molecule has 2 rings (SSSR count). The van der Waals surface area contributed by atoms with Gasteiger partial charge in [0.25, 0.3) is 0 Å². The number of phosphoric acid groups is 2. The largest absolute Gasteiger partial charge is 0.472 e. The molecule has 0 amide bonds. The minimum absolute atomic E-state index is 0.00343. The van der Waals surface area contributed by atoms with E-state index in [1.165, 1.54) is 97.0 Å². The van der Waals surface area contributed by atoms with Crippen LogP contribution in [-0.2, 0) is 65.6 Å². The summed E-state index contributed by atoms with van der Waals surface area (Å²) >= 11 is 0. The fourth-order valence-corrected chi connectivity index (χ4v) is 13.0. The summed E-state index contributed by atoms with van der Waals surface area (Å²) < 4.78 is 91.9. The maximum Gasteiger partial charge on any atom is 0.472 e. The van der Waals surface area contributed by atoms with Crippen LogP contribution < -0.4 is 0 Å². The summed E-state index contributed by atoms with van der Waals surface area (Å²) in [6, 6.07) is 0. The highest BCUT2D eigenvalue weighted by atomic mass is 31.2. The van der Waals surface area contributed by atoms with E-state index in [1.807, 2.05) is 0 Å². The van der Waals surface area contributed by atoms with E-state index in [0.29, 0.717) is 25.7 Å². The first-order valence-electron chi connectivity index (χ1n) is 36.0. The number of rotatable bonds is 62. The molecule has 2 fully saturated rings. The molecule has 2 aliphatic rings. The topological polar surface area (TPSA) is 274 Å². The number of unbranched alkanes of at least 4 members (excludes halogenated alkanes) is 32. The van der Waals surface area contributed by atoms with Crippen molar-refractivity contribution in [3.8, 4) is 0 Å². The predicted octanol–water partition coefficient (Wildman–Crippen LogP) is 15.5. The van der Waals surface area contributed by atoms with Gasteiger partial charge in [-0.3, -0.25) is 13.8 Å². The second-order valence-corrected chi connectivity index (χ2v) is 27.8. The molecule has 0 aromatic rings. The van der Waals surface area contributed by atoms with Crippen LogP contribution in [0.2, 0.25) is 0 Å². The number of hydrogen-bond donors (Lipinski definition) is 6. The molecule has 12 atom stereocenters. The van der Waals surface area contributed by atoms with Crippen molar-refractivity contribution in [3.63, 3.8) is 0 Å². The van der Waals surface area contributed by atoms with Gasteiger partial charge in [-0.15, -0.1) is 0 Å². The van der Waals surface area contributed by atoms with E-state index in [-0.39, 0.29) is 45.4 Å². The monoisotopic (exact) mass is 1330 g/mol. The Labute approximate surface area is 545 Å². The van der Waals surface area contributed by atoms with Crippen LogP contribution >= 0.6 is 15.6 Å². The number of phosphoric ester groups is 2. The lowest BCUT2D eigenvalue weighted by molar-refractivity contribution is -0.332. The van der Waals surface area contributed by atoms with E-state index in [2.05, 4.69) is 39.8 Å². The van der Waals surface area contributed by atoms with Gasteiger partial charge >= 0.3 is 21.6 Å². The molecule has 1 unspecified atom stereocenters. The highest BCUT2D eigenvalue weighted by Crippen LogP contribution is 2.44.